The van der Waals surface area contributed by atoms with Crippen LogP contribution in [0.15, 0.2) is 36.4 Å². The van der Waals surface area contributed by atoms with Crippen molar-refractivity contribution >= 4 is 5.82 Å². The molecule has 0 radical (unpaired) electrons. The molecule has 0 saturated carbocycles. The van der Waals surface area contributed by atoms with Crippen LogP contribution in [-0.4, -0.2) is 29.1 Å². The smallest absolute Gasteiger partial charge is 0.132 e. The Morgan fingerprint density at radius 2 is 2.05 bits per heavy atom. The third-order valence-electron chi connectivity index (χ3n) is 3.69. The largest absolute Gasteiger partial charge is 0.355 e. The van der Waals surface area contributed by atoms with E-state index in [1.807, 2.05) is 18.2 Å². The molecule has 104 valence electrons. The Bertz CT molecular complexity index is 582. The Balaban J connectivity index is 1.99. The summed E-state index contributed by atoms with van der Waals surface area (Å²) in [5.74, 6) is 1.89. The number of benzene rings is 1. The van der Waals surface area contributed by atoms with Crippen molar-refractivity contribution in [3.8, 4) is 11.3 Å². The van der Waals surface area contributed by atoms with E-state index in [1.54, 1.807) is 0 Å². The molecule has 4 heteroatoms. The SMILES string of the molecule is CCc1nc(-c2ccccc2)cc(N2CCC(N)C2)n1. The van der Waals surface area contributed by atoms with E-state index in [4.69, 9.17) is 5.73 Å². The van der Waals surface area contributed by atoms with Gasteiger partial charge in [0, 0.05) is 37.2 Å². The number of rotatable bonds is 3. The van der Waals surface area contributed by atoms with Crippen LogP contribution >= 0.6 is 0 Å². The van der Waals surface area contributed by atoms with Crippen molar-refractivity contribution < 1.29 is 0 Å². The van der Waals surface area contributed by atoms with Gasteiger partial charge in [-0.3, -0.25) is 0 Å². The van der Waals surface area contributed by atoms with Crippen LogP contribution in [0.5, 0.6) is 0 Å². The summed E-state index contributed by atoms with van der Waals surface area (Å²) in [6, 6.07) is 12.6. The summed E-state index contributed by atoms with van der Waals surface area (Å²) in [6.45, 7) is 3.95. The molecule has 1 atom stereocenters. The highest BCUT2D eigenvalue weighted by atomic mass is 15.2. The first kappa shape index (κ1) is 13.1. The molecule has 0 bridgehead atoms. The molecule has 1 aliphatic heterocycles. The lowest BCUT2D eigenvalue weighted by Gasteiger charge is -2.18. The van der Waals surface area contributed by atoms with Gasteiger partial charge in [-0.15, -0.1) is 0 Å². The molecule has 1 aromatic carbocycles. The van der Waals surface area contributed by atoms with E-state index >= 15 is 0 Å². The van der Waals surface area contributed by atoms with Gasteiger partial charge < -0.3 is 10.6 Å². The highest BCUT2D eigenvalue weighted by Crippen LogP contribution is 2.24. The fourth-order valence-corrected chi connectivity index (χ4v) is 2.56. The zero-order chi connectivity index (χ0) is 13.9. The van der Waals surface area contributed by atoms with Gasteiger partial charge in [-0.2, -0.15) is 0 Å². The van der Waals surface area contributed by atoms with Crippen LogP contribution in [0.1, 0.15) is 19.2 Å². The molecule has 0 aliphatic carbocycles. The fraction of sp³-hybridized carbons (Fsp3) is 0.375. The average molecular weight is 268 g/mol. The highest BCUT2D eigenvalue weighted by Gasteiger charge is 2.21. The van der Waals surface area contributed by atoms with Gasteiger partial charge in [0.25, 0.3) is 0 Å². The van der Waals surface area contributed by atoms with E-state index in [1.165, 1.54) is 0 Å². The lowest BCUT2D eigenvalue weighted by Crippen LogP contribution is -2.27. The standard InChI is InChI=1S/C16H20N4/c1-2-15-18-14(12-6-4-3-5-7-12)10-16(19-15)20-9-8-13(17)11-20/h3-7,10,13H,2,8-9,11,17H2,1H3. The second-order valence-corrected chi connectivity index (χ2v) is 5.24. The fourth-order valence-electron chi connectivity index (χ4n) is 2.56. The molecular formula is C16H20N4. The molecule has 1 unspecified atom stereocenters. The summed E-state index contributed by atoms with van der Waals surface area (Å²) in [7, 11) is 0. The van der Waals surface area contributed by atoms with Crippen LogP contribution in [0, 0.1) is 0 Å². The van der Waals surface area contributed by atoms with Gasteiger partial charge in [-0.25, -0.2) is 9.97 Å². The van der Waals surface area contributed by atoms with E-state index in [0.717, 1.165) is 48.8 Å². The van der Waals surface area contributed by atoms with Crippen LogP contribution in [-0.2, 0) is 6.42 Å². The van der Waals surface area contributed by atoms with Crippen molar-refractivity contribution in [2.45, 2.75) is 25.8 Å². The minimum atomic E-state index is 0.259. The zero-order valence-corrected chi connectivity index (χ0v) is 11.8. The quantitative estimate of drug-likeness (QED) is 0.927. The molecule has 2 N–H and O–H groups in total. The molecule has 2 aromatic rings. The van der Waals surface area contributed by atoms with Gasteiger partial charge in [0.2, 0.25) is 0 Å². The Labute approximate surface area is 119 Å². The molecule has 2 heterocycles. The van der Waals surface area contributed by atoms with Crippen molar-refractivity contribution in [2.75, 3.05) is 18.0 Å². The zero-order valence-electron chi connectivity index (χ0n) is 11.8. The lowest BCUT2D eigenvalue weighted by molar-refractivity contribution is 0.751. The second-order valence-electron chi connectivity index (χ2n) is 5.24. The van der Waals surface area contributed by atoms with E-state index in [2.05, 4.69) is 40.0 Å². The molecule has 0 spiro atoms. The van der Waals surface area contributed by atoms with Gasteiger partial charge >= 0.3 is 0 Å². The number of aryl methyl sites for hydroxylation is 1. The number of hydrogen-bond acceptors (Lipinski definition) is 4. The summed E-state index contributed by atoms with van der Waals surface area (Å²) in [6.07, 6.45) is 1.87. The maximum Gasteiger partial charge on any atom is 0.132 e. The summed E-state index contributed by atoms with van der Waals surface area (Å²) in [4.78, 5) is 11.6. The number of hydrogen-bond donors (Lipinski definition) is 1. The molecule has 3 rings (SSSR count). The number of aromatic nitrogens is 2. The summed E-state index contributed by atoms with van der Waals surface area (Å²) in [5, 5.41) is 0. The Morgan fingerprint density at radius 1 is 1.25 bits per heavy atom. The molecule has 20 heavy (non-hydrogen) atoms. The van der Waals surface area contributed by atoms with Crippen molar-refractivity contribution in [1.29, 1.82) is 0 Å². The molecule has 1 saturated heterocycles. The third-order valence-corrected chi connectivity index (χ3v) is 3.69. The molecule has 0 amide bonds. The predicted molar refractivity (Wildman–Crippen MR) is 81.7 cm³/mol. The van der Waals surface area contributed by atoms with Crippen LogP contribution in [0.25, 0.3) is 11.3 Å². The minimum Gasteiger partial charge on any atom is -0.355 e. The molecule has 4 nitrogen and oxygen atoms in total. The summed E-state index contributed by atoms with van der Waals surface area (Å²) in [5.41, 5.74) is 8.12. The third kappa shape index (κ3) is 2.65. The minimum absolute atomic E-state index is 0.259. The van der Waals surface area contributed by atoms with E-state index in [9.17, 15) is 0 Å². The van der Waals surface area contributed by atoms with Crippen LogP contribution < -0.4 is 10.6 Å². The second kappa shape index (κ2) is 5.59. The molecule has 1 fully saturated rings. The molecule has 1 aliphatic rings. The van der Waals surface area contributed by atoms with Gasteiger partial charge in [-0.05, 0) is 6.42 Å². The van der Waals surface area contributed by atoms with Crippen LogP contribution in [0.2, 0.25) is 0 Å². The maximum atomic E-state index is 6.00. The monoisotopic (exact) mass is 268 g/mol. The first-order valence-corrected chi connectivity index (χ1v) is 7.20. The highest BCUT2D eigenvalue weighted by molar-refractivity contribution is 5.63. The van der Waals surface area contributed by atoms with E-state index in [0.29, 0.717) is 0 Å². The van der Waals surface area contributed by atoms with Crippen molar-refractivity contribution in [2.24, 2.45) is 5.73 Å². The molecule has 1 aromatic heterocycles. The van der Waals surface area contributed by atoms with Gasteiger partial charge in [0.1, 0.15) is 11.6 Å². The lowest BCUT2D eigenvalue weighted by atomic mass is 10.1. The van der Waals surface area contributed by atoms with E-state index in [-0.39, 0.29) is 6.04 Å². The van der Waals surface area contributed by atoms with E-state index < -0.39 is 0 Å². The maximum absolute atomic E-state index is 6.00. The van der Waals surface area contributed by atoms with Gasteiger partial charge in [0.05, 0.1) is 5.69 Å². The van der Waals surface area contributed by atoms with Crippen molar-refractivity contribution in [3.63, 3.8) is 0 Å². The number of anilines is 1. The van der Waals surface area contributed by atoms with Gasteiger partial charge in [-0.1, -0.05) is 37.3 Å². The Morgan fingerprint density at radius 3 is 2.70 bits per heavy atom. The first-order chi connectivity index (χ1) is 9.76. The number of nitrogens with two attached hydrogens (primary N) is 1. The summed E-state index contributed by atoms with van der Waals surface area (Å²) < 4.78 is 0. The molecular weight excluding hydrogens is 248 g/mol. The topological polar surface area (TPSA) is 55.0 Å². The van der Waals surface area contributed by atoms with Crippen molar-refractivity contribution in [3.05, 3.63) is 42.2 Å². The van der Waals surface area contributed by atoms with Crippen LogP contribution in [0.3, 0.4) is 0 Å². The number of nitrogens with zero attached hydrogens (tertiary/aromatic N) is 3. The van der Waals surface area contributed by atoms with Crippen LogP contribution in [0.4, 0.5) is 5.82 Å². The summed E-state index contributed by atoms with van der Waals surface area (Å²) >= 11 is 0. The Hall–Kier alpha value is -1.94. The average Bonchev–Trinajstić information content (AvgIpc) is 2.94. The predicted octanol–water partition coefficient (Wildman–Crippen LogP) is 2.24. The van der Waals surface area contributed by atoms with Gasteiger partial charge in [0.15, 0.2) is 0 Å². The first-order valence-electron chi connectivity index (χ1n) is 7.20. The normalized spacial score (nSPS) is 18.5. The van der Waals surface area contributed by atoms with Crippen molar-refractivity contribution in [1.82, 2.24) is 9.97 Å². The Kier molecular flexibility index (Phi) is 3.65.